The maximum Gasteiger partial charge on any atom is 0.239 e. The summed E-state index contributed by atoms with van der Waals surface area (Å²) in [5, 5.41) is 1.49. The second kappa shape index (κ2) is 9.27. The topological polar surface area (TPSA) is 92.9 Å². The lowest BCUT2D eigenvalue weighted by molar-refractivity contribution is -0.129. The second-order valence-corrected chi connectivity index (χ2v) is 10.7. The summed E-state index contributed by atoms with van der Waals surface area (Å²) in [5.74, 6) is 6.17. The van der Waals surface area contributed by atoms with Crippen molar-refractivity contribution in [3.63, 3.8) is 0 Å². The Balaban J connectivity index is 1.83. The molecular weight excluding hydrogens is 529 g/mol. The Labute approximate surface area is 195 Å². The molecule has 2 aromatic rings. The van der Waals surface area contributed by atoms with Crippen molar-refractivity contribution in [1.29, 1.82) is 0 Å². The maximum atomic E-state index is 13.4. The van der Waals surface area contributed by atoms with E-state index in [1.54, 1.807) is 29.2 Å². The van der Waals surface area contributed by atoms with Crippen LogP contribution in [0, 0.1) is 0 Å². The highest BCUT2D eigenvalue weighted by atomic mass is 127. The molecule has 0 bridgehead atoms. The molecule has 0 aliphatic carbocycles. The SMILES string of the molecule is NN(C1=C(C(I)C(=O)N2CCCOCC2)CS(=O)(=O)c2ccccc21)c1ccccc1. The highest BCUT2D eigenvalue weighted by Gasteiger charge is 2.38. The van der Waals surface area contributed by atoms with E-state index in [0.29, 0.717) is 48.8 Å². The molecule has 2 aliphatic rings. The van der Waals surface area contributed by atoms with Crippen molar-refractivity contribution in [2.75, 3.05) is 37.1 Å². The maximum absolute atomic E-state index is 13.4. The lowest BCUT2D eigenvalue weighted by Gasteiger charge is -2.33. The Bertz CT molecular complexity index is 1100. The molecule has 1 saturated heterocycles. The van der Waals surface area contributed by atoms with Gasteiger partial charge in [-0.2, -0.15) is 0 Å². The third kappa shape index (κ3) is 4.50. The number of amides is 1. The van der Waals surface area contributed by atoms with Gasteiger partial charge in [0.1, 0.15) is 3.92 Å². The van der Waals surface area contributed by atoms with Crippen molar-refractivity contribution in [1.82, 2.24) is 4.90 Å². The summed E-state index contributed by atoms with van der Waals surface area (Å²) >= 11 is 2.05. The predicted molar refractivity (Wildman–Crippen MR) is 128 cm³/mol. The minimum absolute atomic E-state index is 0.116. The van der Waals surface area contributed by atoms with Gasteiger partial charge in [0.2, 0.25) is 5.91 Å². The van der Waals surface area contributed by atoms with Crippen molar-refractivity contribution >= 4 is 49.7 Å². The number of alkyl halides is 1. The third-order valence-corrected chi connectivity index (χ3v) is 8.46. The lowest BCUT2D eigenvalue weighted by Crippen LogP contribution is -2.42. The first-order valence-electron chi connectivity index (χ1n) is 10.1. The van der Waals surface area contributed by atoms with E-state index in [2.05, 4.69) is 0 Å². The Morgan fingerprint density at radius 3 is 2.55 bits per heavy atom. The van der Waals surface area contributed by atoms with Crippen LogP contribution in [0.3, 0.4) is 0 Å². The molecule has 0 spiro atoms. The Hall–Kier alpha value is -1.95. The van der Waals surface area contributed by atoms with Crippen LogP contribution in [0.25, 0.3) is 5.70 Å². The molecular formula is C22H24IN3O4S. The summed E-state index contributed by atoms with van der Waals surface area (Å²) in [4.78, 5) is 15.3. The van der Waals surface area contributed by atoms with Crippen LogP contribution in [0.1, 0.15) is 12.0 Å². The quantitative estimate of drug-likeness (QED) is 0.271. The van der Waals surface area contributed by atoms with Gasteiger partial charge in [0.25, 0.3) is 0 Å². The fourth-order valence-electron chi connectivity index (χ4n) is 3.93. The van der Waals surface area contributed by atoms with Gasteiger partial charge in [0, 0.05) is 25.3 Å². The van der Waals surface area contributed by atoms with Crippen LogP contribution in [0.4, 0.5) is 5.69 Å². The first-order valence-corrected chi connectivity index (χ1v) is 13.0. The van der Waals surface area contributed by atoms with Gasteiger partial charge in [0.05, 0.1) is 28.6 Å². The van der Waals surface area contributed by atoms with E-state index in [0.717, 1.165) is 6.42 Å². The highest BCUT2D eigenvalue weighted by molar-refractivity contribution is 14.1. The fraction of sp³-hybridized carbons (Fsp3) is 0.318. The normalized spacial score (nSPS) is 19.4. The molecule has 2 heterocycles. The van der Waals surface area contributed by atoms with E-state index in [1.165, 1.54) is 5.01 Å². The Kier molecular flexibility index (Phi) is 6.65. The number of anilines is 1. The Morgan fingerprint density at radius 2 is 1.77 bits per heavy atom. The van der Waals surface area contributed by atoms with Gasteiger partial charge < -0.3 is 9.64 Å². The number of fused-ring (bicyclic) bond motifs is 1. The molecule has 1 atom stereocenters. The number of nitrogens with zero attached hydrogens (tertiary/aromatic N) is 2. The minimum Gasteiger partial charge on any atom is -0.380 e. The van der Waals surface area contributed by atoms with Gasteiger partial charge in [-0.15, -0.1) is 0 Å². The zero-order chi connectivity index (χ0) is 22.0. The van der Waals surface area contributed by atoms with Crippen LogP contribution < -0.4 is 10.9 Å². The largest absolute Gasteiger partial charge is 0.380 e. The molecule has 31 heavy (non-hydrogen) atoms. The van der Waals surface area contributed by atoms with E-state index in [-0.39, 0.29) is 16.6 Å². The van der Waals surface area contributed by atoms with Gasteiger partial charge >= 0.3 is 0 Å². The average molecular weight is 553 g/mol. The smallest absolute Gasteiger partial charge is 0.239 e. The molecule has 4 rings (SSSR count). The van der Waals surface area contributed by atoms with Gasteiger partial charge in [-0.3, -0.25) is 9.80 Å². The molecule has 0 saturated carbocycles. The third-order valence-electron chi connectivity index (χ3n) is 5.46. The molecule has 9 heteroatoms. The molecule has 1 fully saturated rings. The summed E-state index contributed by atoms with van der Waals surface area (Å²) in [5.41, 5.74) is 2.29. The first-order chi connectivity index (χ1) is 14.9. The molecule has 2 aliphatic heterocycles. The van der Waals surface area contributed by atoms with Crippen LogP contribution in [-0.4, -0.2) is 55.2 Å². The number of benzene rings is 2. The van der Waals surface area contributed by atoms with E-state index in [4.69, 9.17) is 10.6 Å². The van der Waals surface area contributed by atoms with Crippen LogP contribution in [0.2, 0.25) is 0 Å². The number of sulfone groups is 1. The average Bonchev–Trinajstić information content (AvgIpc) is 3.07. The number of hydrogen-bond acceptors (Lipinski definition) is 6. The minimum atomic E-state index is -3.60. The molecule has 1 unspecified atom stereocenters. The van der Waals surface area contributed by atoms with Gasteiger partial charge in [0.15, 0.2) is 9.84 Å². The molecule has 164 valence electrons. The van der Waals surface area contributed by atoms with Crippen LogP contribution in [-0.2, 0) is 19.4 Å². The summed E-state index contributed by atoms with van der Waals surface area (Å²) in [6.07, 6.45) is 0.759. The van der Waals surface area contributed by atoms with Gasteiger partial charge in [-0.05, 0) is 30.2 Å². The molecule has 2 aromatic carbocycles. The zero-order valence-corrected chi connectivity index (χ0v) is 19.9. The molecule has 2 N–H and O–H groups in total. The number of hydrogen-bond donors (Lipinski definition) is 1. The van der Waals surface area contributed by atoms with Crippen molar-refractivity contribution in [3.8, 4) is 0 Å². The number of carbonyl (C=O) groups excluding carboxylic acids is 1. The van der Waals surface area contributed by atoms with Crippen molar-refractivity contribution in [3.05, 3.63) is 65.7 Å². The van der Waals surface area contributed by atoms with E-state index < -0.39 is 13.8 Å². The van der Waals surface area contributed by atoms with Crippen LogP contribution in [0.15, 0.2) is 65.1 Å². The number of ether oxygens (including phenoxy) is 1. The lowest BCUT2D eigenvalue weighted by atomic mass is 10.0. The molecule has 0 aromatic heterocycles. The van der Waals surface area contributed by atoms with E-state index in [1.807, 2.05) is 52.9 Å². The predicted octanol–water partition coefficient (Wildman–Crippen LogP) is 2.62. The molecule has 7 nitrogen and oxygen atoms in total. The molecule has 0 radical (unpaired) electrons. The highest BCUT2D eigenvalue weighted by Crippen LogP contribution is 2.39. The number of halogens is 1. The van der Waals surface area contributed by atoms with Gasteiger partial charge in [-0.25, -0.2) is 14.3 Å². The summed E-state index contributed by atoms with van der Waals surface area (Å²) in [7, 11) is -3.60. The zero-order valence-electron chi connectivity index (χ0n) is 16.9. The number of rotatable bonds is 4. The fourth-order valence-corrected chi connectivity index (χ4v) is 6.79. The molecule has 1 amide bonds. The summed E-state index contributed by atoms with van der Waals surface area (Å²) < 4.78 is 31.0. The second-order valence-electron chi connectivity index (χ2n) is 7.49. The van der Waals surface area contributed by atoms with Crippen LogP contribution in [0.5, 0.6) is 0 Å². The number of nitrogens with two attached hydrogens (primary N) is 1. The first kappa shape index (κ1) is 22.3. The monoisotopic (exact) mass is 553 g/mol. The van der Waals surface area contributed by atoms with Crippen molar-refractivity contribution in [2.24, 2.45) is 5.84 Å². The van der Waals surface area contributed by atoms with Crippen molar-refractivity contribution < 1.29 is 17.9 Å². The van der Waals surface area contributed by atoms with Crippen molar-refractivity contribution in [2.45, 2.75) is 15.2 Å². The standard InChI is InChI=1S/C22H24IN3O4S/c23-20(22(27)25-11-6-13-30-14-12-25)18-15-31(28,29)19-10-5-4-9-17(19)21(18)26(24)16-7-2-1-3-8-16/h1-5,7-10,20H,6,11-15,24H2. The van der Waals surface area contributed by atoms with Gasteiger partial charge in [-0.1, -0.05) is 59.0 Å². The number of carbonyl (C=O) groups is 1. The summed E-state index contributed by atoms with van der Waals surface area (Å²) in [6, 6.07) is 16.2. The van der Waals surface area contributed by atoms with E-state index in [9.17, 15) is 13.2 Å². The number of para-hydroxylation sites is 1. The van der Waals surface area contributed by atoms with Crippen LogP contribution >= 0.6 is 22.6 Å². The Morgan fingerprint density at radius 1 is 1.06 bits per heavy atom. The number of hydrazine groups is 1. The summed E-state index contributed by atoms with van der Waals surface area (Å²) in [6.45, 7) is 2.19. The van der Waals surface area contributed by atoms with E-state index >= 15 is 0 Å².